The Kier molecular flexibility index (Phi) is 8.94. The average Bonchev–Trinajstić information content (AvgIpc) is 2.87. The number of likely N-dealkylation sites (tertiary alicyclic amines) is 1. The van der Waals surface area contributed by atoms with Gasteiger partial charge in [0.1, 0.15) is 0 Å². The van der Waals surface area contributed by atoms with Crippen LogP contribution >= 0.6 is 0 Å². The number of nitrogens with zero attached hydrogens (tertiary/aromatic N) is 2. The Morgan fingerprint density at radius 1 is 1.32 bits per heavy atom. The molecule has 0 radical (unpaired) electrons. The van der Waals surface area contributed by atoms with E-state index in [1.165, 1.54) is 6.42 Å². The van der Waals surface area contributed by atoms with Gasteiger partial charge in [0.25, 0.3) is 0 Å². The number of hydrogen-bond donors (Lipinski definition) is 2. The molecule has 5 nitrogen and oxygen atoms in total. The first-order valence-corrected chi connectivity index (χ1v) is 8.85. The van der Waals surface area contributed by atoms with Gasteiger partial charge < -0.3 is 15.5 Å². The first kappa shape index (κ1) is 18.8. The lowest BCUT2D eigenvalue weighted by Gasteiger charge is -2.19. The van der Waals surface area contributed by atoms with Crippen LogP contribution in [0.5, 0.6) is 0 Å². The molecule has 1 aliphatic heterocycles. The molecule has 5 heteroatoms. The number of carbonyl (C=O) groups excluding carboxylic acids is 1. The number of aliphatic imine (C=N–C) groups is 1. The highest BCUT2D eigenvalue weighted by atomic mass is 16.2. The van der Waals surface area contributed by atoms with Crippen molar-refractivity contribution in [3.05, 3.63) is 0 Å². The lowest BCUT2D eigenvalue weighted by molar-refractivity contribution is -0.127. The fourth-order valence-corrected chi connectivity index (χ4v) is 2.60. The van der Waals surface area contributed by atoms with Crippen molar-refractivity contribution in [1.82, 2.24) is 15.5 Å². The molecule has 0 aromatic heterocycles. The third-order valence-electron chi connectivity index (χ3n) is 3.93. The van der Waals surface area contributed by atoms with Gasteiger partial charge in [-0.05, 0) is 45.4 Å². The zero-order valence-electron chi connectivity index (χ0n) is 14.8. The molecule has 128 valence electrons. The molecule has 1 unspecified atom stereocenters. The molecule has 0 aliphatic carbocycles. The number of amides is 1. The molecule has 1 amide bonds. The minimum atomic E-state index is 0.302. The quantitative estimate of drug-likeness (QED) is 0.390. The van der Waals surface area contributed by atoms with Crippen LogP contribution in [0.15, 0.2) is 4.99 Å². The molecule has 1 saturated heterocycles. The number of guanidine groups is 1. The molecule has 1 fully saturated rings. The van der Waals surface area contributed by atoms with Crippen molar-refractivity contribution >= 4 is 11.9 Å². The Balaban J connectivity index is 2.29. The molecule has 0 aromatic carbocycles. The van der Waals surface area contributed by atoms with E-state index in [2.05, 4.69) is 43.3 Å². The SMILES string of the molecule is CCNC(=NCCCN1CCCC1=O)NC(C)CCC(C)C. The summed E-state index contributed by atoms with van der Waals surface area (Å²) in [5, 5.41) is 6.77. The standard InChI is InChI=1S/C17H34N4O/c1-5-18-17(20-15(4)10-9-14(2)3)19-11-7-13-21-12-6-8-16(21)22/h14-15H,5-13H2,1-4H3,(H2,18,19,20). The minimum Gasteiger partial charge on any atom is -0.357 e. The van der Waals surface area contributed by atoms with E-state index >= 15 is 0 Å². The van der Waals surface area contributed by atoms with Crippen LogP contribution in [0.4, 0.5) is 0 Å². The number of rotatable bonds is 9. The van der Waals surface area contributed by atoms with Gasteiger partial charge in [-0.3, -0.25) is 9.79 Å². The molecule has 0 spiro atoms. The summed E-state index contributed by atoms with van der Waals surface area (Å²) in [6.45, 7) is 12.2. The van der Waals surface area contributed by atoms with Crippen LogP contribution in [0.3, 0.4) is 0 Å². The van der Waals surface area contributed by atoms with Gasteiger partial charge in [-0.1, -0.05) is 13.8 Å². The maximum absolute atomic E-state index is 11.5. The Labute approximate surface area is 135 Å². The number of nitrogens with one attached hydrogen (secondary N) is 2. The van der Waals surface area contributed by atoms with E-state index in [1.54, 1.807) is 0 Å². The Hall–Kier alpha value is -1.26. The lowest BCUT2D eigenvalue weighted by atomic mass is 10.0. The summed E-state index contributed by atoms with van der Waals surface area (Å²) in [5.41, 5.74) is 0. The highest BCUT2D eigenvalue weighted by Gasteiger charge is 2.18. The van der Waals surface area contributed by atoms with Gasteiger partial charge >= 0.3 is 0 Å². The van der Waals surface area contributed by atoms with Crippen LogP contribution in [0.25, 0.3) is 0 Å². The second kappa shape index (κ2) is 10.5. The topological polar surface area (TPSA) is 56.7 Å². The fraction of sp³-hybridized carbons (Fsp3) is 0.882. The van der Waals surface area contributed by atoms with E-state index in [-0.39, 0.29) is 0 Å². The number of hydrogen-bond acceptors (Lipinski definition) is 2. The van der Waals surface area contributed by atoms with Crippen molar-refractivity contribution in [3.63, 3.8) is 0 Å². The van der Waals surface area contributed by atoms with Crippen molar-refractivity contribution in [1.29, 1.82) is 0 Å². The van der Waals surface area contributed by atoms with Crippen LogP contribution in [-0.2, 0) is 4.79 Å². The largest absolute Gasteiger partial charge is 0.357 e. The highest BCUT2D eigenvalue weighted by Crippen LogP contribution is 2.09. The molecular formula is C17H34N4O. The first-order chi connectivity index (χ1) is 10.5. The summed E-state index contributed by atoms with van der Waals surface area (Å²) in [4.78, 5) is 18.1. The van der Waals surface area contributed by atoms with Crippen LogP contribution < -0.4 is 10.6 Å². The van der Waals surface area contributed by atoms with Crippen LogP contribution in [-0.4, -0.2) is 49.0 Å². The maximum Gasteiger partial charge on any atom is 0.222 e. The molecular weight excluding hydrogens is 276 g/mol. The van der Waals surface area contributed by atoms with E-state index in [0.717, 1.165) is 63.7 Å². The molecule has 1 rings (SSSR count). The molecule has 1 aliphatic rings. The van der Waals surface area contributed by atoms with Gasteiger partial charge in [0, 0.05) is 38.6 Å². The van der Waals surface area contributed by atoms with E-state index in [4.69, 9.17) is 0 Å². The van der Waals surface area contributed by atoms with E-state index in [0.29, 0.717) is 11.9 Å². The Bertz CT molecular complexity index is 355. The zero-order chi connectivity index (χ0) is 16.4. The second-order valence-electron chi connectivity index (χ2n) is 6.62. The first-order valence-electron chi connectivity index (χ1n) is 8.85. The Morgan fingerprint density at radius 2 is 2.09 bits per heavy atom. The summed E-state index contributed by atoms with van der Waals surface area (Å²) in [5.74, 6) is 1.93. The molecule has 0 bridgehead atoms. The van der Waals surface area contributed by atoms with Gasteiger partial charge in [-0.25, -0.2) is 0 Å². The van der Waals surface area contributed by atoms with Crippen molar-refractivity contribution in [2.75, 3.05) is 26.2 Å². The monoisotopic (exact) mass is 310 g/mol. The van der Waals surface area contributed by atoms with Gasteiger partial charge in [0.2, 0.25) is 5.91 Å². The number of carbonyl (C=O) groups is 1. The molecule has 0 saturated carbocycles. The second-order valence-corrected chi connectivity index (χ2v) is 6.62. The van der Waals surface area contributed by atoms with Gasteiger partial charge in [0.05, 0.1) is 0 Å². The van der Waals surface area contributed by atoms with E-state index in [9.17, 15) is 4.79 Å². The third-order valence-corrected chi connectivity index (χ3v) is 3.93. The predicted molar refractivity (Wildman–Crippen MR) is 93.1 cm³/mol. The van der Waals surface area contributed by atoms with Gasteiger partial charge in [0.15, 0.2) is 5.96 Å². The molecule has 22 heavy (non-hydrogen) atoms. The van der Waals surface area contributed by atoms with Crippen LogP contribution in [0.1, 0.15) is 59.8 Å². The Morgan fingerprint density at radius 3 is 2.68 bits per heavy atom. The third kappa shape index (κ3) is 7.66. The highest BCUT2D eigenvalue weighted by molar-refractivity contribution is 5.80. The molecule has 1 heterocycles. The average molecular weight is 310 g/mol. The summed E-state index contributed by atoms with van der Waals surface area (Å²) in [6.07, 6.45) is 5.05. The van der Waals surface area contributed by atoms with Gasteiger partial charge in [-0.2, -0.15) is 0 Å². The molecule has 2 N–H and O–H groups in total. The smallest absolute Gasteiger partial charge is 0.222 e. The normalized spacial score (nSPS) is 17.2. The van der Waals surface area contributed by atoms with Gasteiger partial charge in [-0.15, -0.1) is 0 Å². The summed E-state index contributed by atoms with van der Waals surface area (Å²) >= 11 is 0. The van der Waals surface area contributed by atoms with Crippen molar-refractivity contribution < 1.29 is 4.79 Å². The van der Waals surface area contributed by atoms with Crippen molar-refractivity contribution in [3.8, 4) is 0 Å². The predicted octanol–water partition coefficient (Wildman–Crippen LogP) is 2.38. The van der Waals surface area contributed by atoms with E-state index in [1.807, 2.05) is 4.90 Å². The fourth-order valence-electron chi connectivity index (χ4n) is 2.60. The summed E-state index contributed by atoms with van der Waals surface area (Å²) < 4.78 is 0. The van der Waals surface area contributed by atoms with Crippen molar-refractivity contribution in [2.24, 2.45) is 10.9 Å². The summed E-state index contributed by atoms with van der Waals surface area (Å²) in [6, 6.07) is 0.431. The summed E-state index contributed by atoms with van der Waals surface area (Å²) in [7, 11) is 0. The van der Waals surface area contributed by atoms with Crippen molar-refractivity contribution in [2.45, 2.75) is 65.8 Å². The minimum absolute atomic E-state index is 0.302. The molecule has 0 aromatic rings. The van der Waals surface area contributed by atoms with Crippen LogP contribution in [0, 0.1) is 5.92 Å². The lowest BCUT2D eigenvalue weighted by Crippen LogP contribution is -2.42. The zero-order valence-corrected chi connectivity index (χ0v) is 14.8. The molecule has 1 atom stereocenters. The van der Waals surface area contributed by atoms with Crippen LogP contribution in [0.2, 0.25) is 0 Å². The van der Waals surface area contributed by atoms with E-state index < -0.39 is 0 Å². The maximum atomic E-state index is 11.5.